The number of benzene rings is 2. The number of nitro benzene ring substituents is 1. The molecule has 9 heteroatoms. The molecule has 27 heavy (non-hydrogen) atoms. The Morgan fingerprint density at radius 3 is 2.33 bits per heavy atom. The Bertz CT molecular complexity index is 901. The second-order valence-electron chi connectivity index (χ2n) is 6.32. The minimum atomic E-state index is -3.95. The number of non-ortho nitro benzene ring substituents is 1. The van der Waals surface area contributed by atoms with E-state index < -0.39 is 27.1 Å². The van der Waals surface area contributed by atoms with E-state index in [0.717, 1.165) is 17.7 Å². The van der Waals surface area contributed by atoms with E-state index in [4.69, 9.17) is 4.74 Å². The monoisotopic (exact) mass is 392 g/mol. The summed E-state index contributed by atoms with van der Waals surface area (Å²) >= 11 is 0. The topological polar surface area (TPSA) is 110 Å². The summed E-state index contributed by atoms with van der Waals surface area (Å²) in [5, 5.41) is 20.7. The number of nitrogens with zero attached hydrogens (tertiary/aromatic N) is 2. The van der Waals surface area contributed by atoms with E-state index >= 15 is 0 Å². The summed E-state index contributed by atoms with van der Waals surface area (Å²) in [5.41, 5.74) is 0.731. The molecule has 0 aliphatic carbocycles. The fraction of sp³-hybridized carbons (Fsp3) is 0.333. The van der Waals surface area contributed by atoms with Gasteiger partial charge in [0, 0.05) is 37.6 Å². The van der Waals surface area contributed by atoms with E-state index in [1.165, 1.54) is 23.5 Å². The van der Waals surface area contributed by atoms with Gasteiger partial charge >= 0.3 is 0 Å². The lowest BCUT2D eigenvalue weighted by Crippen LogP contribution is -2.39. The lowest BCUT2D eigenvalue weighted by Gasteiger charge is -2.25. The Kier molecular flexibility index (Phi) is 5.56. The van der Waals surface area contributed by atoms with Gasteiger partial charge in [0.2, 0.25) is 10.0 Å². The van der Waals surface area contributed by atoms with Crippen molar-refractivity contribution in [2.24, 2.45) is 5.92 Å². The van der Waals surface area contributed by atoms with Crippen LogP contribution in [-0.4, -0.2) is 49.2 Å². The van der Waals surface area contributed by atoms with Crippen LogP contribution in [0, 0.1) is 16.0 Å². The zero-order valence-electron chi connectivity index (χ0n) is 14.6. The van der Waals surface area contributed by atoms with Crippen molar-refractivity contribution in [2.45, 2.75) is 17.0 Å². The maximum Gasteiger partial charge on any atom is 0.269 e. The molecule has 1 fully saturated rings. The smallest absolute Gasteiger partial charge is 0.269 e. The molecule has 8 nitrogen and oxygen atoms in total. The molecule has 0 radical (unpaired) electrons. The number of methoxy groups -OCH3 is 1. The molecular formula is C18H20N2O6S. The van der Waals surface area contributed by atoms with Crippen LogP contribution in [-0.2, 0) is 14.8 Å². The van der Waals surface area contributed by atoms with Crippen molar-refractivity contribution in [3.8, 4) is 0 Å². The summed E-state index contributed by atoms with van der Waals surface area (Å²) in [7, 11) is -2.55. The molecule has 1 saturated heterocycles. The normalized spacial score (nSPS) is 23.4. The molecule has 0 spiro atoms. The molecular weight excluding hydrogens is 372 g/mol. The molecule has 3 rings (SSSR count). The highest BCUT2D eigenvalue weighted by atomic mass is 32.2. The van der Waals surface area contributed by atoms with Gasteiger partial charge in [-0.2, -0.15) is 4.31 Å². The summed E-state index contributed by atoms with van der Waals surface area (Å²) in [6.45, 7) is -0.0859. The van der Waals surface area contributed by atoms with E-state index in [1.807, 2.05) is 30.3 Å². The van der Waals surface area contributed by atoms with Gasteiger partial charge in [0.25, 0.3) is 5.69 Å². The molecule has 1 N–H and O–H groups in total. The highest BCUT2D eigenvalue weighted by Gasteiger charge is 2.48. The molecule has 144 valence electrons. The fourth-order valence-electron chi connectivity index (χ4n) is 3.52. The Morgan fingerprint density at radius 2 is 1.81 bits per heavy atom. The number of hydrogen-bond donors (Lipinski definition) is 1. The first kappa shape index (κ1) is 19.4. The summed E-state index contributed by atoms with van der Waals surface area (Å²) in [4.78, 5) is 10.2. The van der Waals surface area contributed by atoms with Crippen molar-refractivity contribution < 1.29 is 23.2 Å². The Hall–Kier alpha value is -2.33. The number of aliphatic hydroxyl groups excluding tert-OH is 1. The molecule has 0 aromatic heterocycles. The van der Waals surface area contributed by atoms with E-state index in [0.29, 0.717) is 0 Å². The third-order valence-electron chi connectivity index (χ3n) is 4.88. The van der Waals surface area contributed by atoms with E-state index in [-0.39, 0.29) is 29.7 Å². The summed E-state index contributed by atoms with van der Waals surface area (Å²) in [6.07, 6.45) is -0.833. The van der Waals surface area contributed by atoms with Crippen LogP contribution in [0.25, 0.3) is 0 Å². The van der Waals surface area contributed by atoms with Crippen molar-refractivity contribution >= 4 is 15.7 Å². The van der Waals surface area contributed by atoms with Crippen LogP contribution < -0.4 is 0 Å². The molecule has 0 bridgehead atoms. The third-order valence-corrected chi connectivity index (χ3v) is 6.72. The van der Waals surface area contributed by atoms with Crippen molar-refractivity contribution in [3.63, 3.8) is 0 Å². The van der Waals surface area contributed by atoms with Crippen molar-refractivity contribution in [3.05, 3.63) is 70.3 Å². The van der Waals surface area contributed by atoms with Gasteiger partial charge in [-0.1, -0.05) is 30.3 Å². The highest BCUT2D eigenvalue weighted by Crippen LogP contribution is 2.40. The number of rotatable bonds is 6. The van der Waals surface area contributed by atoms with Crippen LogP contribution in [0.2, 0.25) is 0 Å². The zero-order chi connectivity index (χ0) is 19.6. The fourth-order valence-corrected chi connectivity index (χ4v) is 5.14. The van der Waals surface area contributed by atoms with Crippen molar-refractivity contribution in [1.82, 2.24) is 4.31 Å². The summed E-state index contributed by atoms with van der Waals surface area (Å²) in [5.74, 6) is -0.654. The average Bonchev–Trinajstić information content (AvgIpc) is 3.08. The number of aliphatic hydroxyl groups is 1. The van der Waals surface area contributed by atoms with Crippen LogP contribution >= 0.6 is 0 Å². The molecule has 2 aromatic carbocycles. The molecule has 3 atom stereocenters. The maximum atomic E-state index is 13.1. The maximum absolute atomic E-state index is 13.1. The molecule has 0 amide bonds. The Morgan fingerprint density at radius 1 is 1.19 bits per heavy atom. The molecule has 2 aromatic rings. The minimum Gasteiger partial charge on any atom is -0.396 e. The van der Waals surface area contributed by atoms with Crippen LogP contribution in [0.3, 0.4) is 0 Å². The largest absolute Gasteiger partial charge is 0.396 e. The third kappa shape index (κ3) is 3.59. The van der Waals surface area contributed by atoms with Crippen molar-refractivity contribution in [1.29, 1.82) is 0 Å². The van der Waals surface area contributed by atoms with Crippen LogP contribution in [0.15, 0.2) is 59.5 Å². The number of hydrogen-bond acceptors (Lipinski definition) is 6. The van der Waals surface area contributed by atoms with Gasteiger partial charge in [0.1, 0.15) is 6.23 Å². The first-order valence-corrected chi connectivity index (χ1v) is 9.79. The second kappa shape index (κ2) is 7.73. The van der Waals surface area contributed by atoms with Gasteiger partial charge in [-0.05, 0) is 17.7 Å². The lowest BCUT2D eigenvalue weighted by molar-refractivity contribution is -0.384. The van der Waals surface area contributed by atoms with Gasteiger partial charge in [-0.3, -0.25) is 10.1 Å². The van der Waals surface area contributed by atoms with Gasteiger partial charge < -0.3 is 9.84 Å². The Labute approximate surface area is 157 Å². The predicted octanol–water partition coefficient (Wildman–Crippen LogP) is 1.96. The van der Waals surface area contributed by atoms with E-state index in [2.05, 4.69) is 0 Å². The van der Waals surface area contributed by atoms with Crippen LogP contribution in [0.5, 0.6) is 0 Å². The first-order valence-electron chi connectivity index (χ1n) is 8.35. The molecule has 1 aliphatic heterocycles. The van der Waals surface area contributed by atoms with Crippen LogP contribution in [0.4, 0.5) is 5.69 Å². The minimum absolute atomic E-state index is 0.0550. The highest BCUT2D eigenvalue weighted by molar-refractivity contribution is 7.89. The molecule has 1 aliphatic rings. The molecule has 0 unspecified atom stereocenters. The molecule has 1 heterocycles. The SMILES string of the molecule is CO[C@@H]1[C@@H](CO)[C@@H](c2ccccc2)CN1S(=O)(=O)c1ccc([N+](=O)[O-])cc1. The first-order chi connectivity index (χ1) is 12.9. The number of sulfonamides is 1. The van der Waals surface area contributed by atoms with Gasteiger partial charge in [0.15, 0.2) is 0 Å². The predicted molar refractivity (Wildman–Crippen MR) is 97.5 cm³/mol. The Balaban J connectivity index is 1.97. The number of nitro groups is 1. The van der Waals surface area contributed by atoms with E-state index in [9.17, 15) is 23.6 Å². The van der Waals surface area contributed by atoms with Gasteiger partial charge in [-0.15, -0.1) is 0 Å². The van der Waals surface area contributed by atoms with Gasteiger partial charge in [-0.25, -0.2) is 8.42 Å². The summed E-state index contributed by atoms with van der Waals surface area (Å²) < 4.78 is 32.9. The van der Waals surface area contributed by atoms with Gasteiger partial charge in [0.05, 0.1) is 16.4 Å². The number of ether oxygens (including phenoxy) is 1. The molecule has 0 saturated carbocycles. The summed E-state index contributed by atoms with van der Waals surface area (Å²) in [6, 6.07) is 14.1. The van der Waals surface area contributed by atoms with E-state index in [1.54, 1.807) is 0 Å². The second-order valence-corrected chi connectivity index (χ2v) is 8.21. The quantitative estimate of drug-likeness (QED) is 0.594. The van der Waals surface area contributed by atoms with Crippen LogP contribution in [0.1, 0.15) is 11.5 Å². The van der Waals surface area contributed by atoms with Crippen molar-refractivity contribution in [2.75, 3.05) is 20.3 Å². The average molecular weight is 392 g/mol. The lowest BCUT2D eigenvalue weighted by atomic mass is 9.89. The standard InChI is InChI=1S/C18H20N2O6S/c1-26-18-17(12-21)16(13-5-3-2-4-6-13)11-19(18)27(24,25)15-9-7-14(8-10-15)20(22)23/h2-10,16-18,21H,11-12H2,1H3/t16-,17+,18-/m1/s1. The zero-order valence-corrected chi connectivity index (χ0v) is 15.5.